The largest absolute Gasteiger partial charge is 0.393 e. The molecule has 1 amide bonds. The van der Waals surface area contributed by atoms with E-state index in [1.165, 1.54) is 0 Å². The minimum atomic E-state index is -0.189. The Labute approximate surface area is 119 Å². The van der Waals surface area contributed by atoms with Crippen molar-refractivity contribution in [3.8, 4) is 0 Å². The molecule has 1 aromatic carbocycles. The van der Waals surface area contributed by atoms with Crippen LogP contribution in [-0.4, -0.2) is 17.4 Å². The first kappa shape index (κ1) is 14.4. The lowest BCUT2D eigenvalue weighted by Crippen LogP contribution is -2.25. The standard InChI is InChI=1S/C11H12BrClN2OS/c12-7-3-4-8(9(13)6-7)11(16)15-5-1-2-10(14)17/h3-4,6H,1-2,5H2,(H2,14,17)(H,15,16). The fourth-order valence-electron chi connectivity index (χ4n) is 1.23. The molecule has 17 heavy (non-hydrogen) atoms. The maximum Gasteiger partial charge on any atom is 0.252 e. The minimum Gasteiger partial charge on any atom is -0.393 e. The number of benzene rings is 1. The van der Waals surface area contributed by atoms with Gasteiger partial charge in [0.05, 0.1) is 15.6 Å². The zero-order valence-electron chi connectivity index (χ0n) is 9.00. The number of amides is 1. The SMILES string of the molecule is NC(=S)CCCNC(=O)c1ccc(Br)cc1Cl. The van der Waals surface area contributed by atoms with Crippen LogP contribution < -0.4 is 11.1 Å². The summed E-state index contributed by atoms with van der Waals surface area (Å²) in [6.45, 7) is 0.530. The van der Waals surface area contributed by atoms with Crippen LogP contribution in [0, 0.1) is 0 Å². The summed E-state index contributed by atoms with van der Waals surface area (Å²) in [6, 6.07) is 5.14. The lowest BCUT2D eigenvalue weighted by molar-refractivity contribution is 0.0953. The Kier molecular flexibility index (Phi) is 5.88. The Bertz CT molecular complexity index is 439. The zero-order valence-corrected chi connectivity index (χ0v) is 12.2. The molecule has 0 saturated carbocycles. The first-order valence-corrected chi connectivity index (χ1v) is 6.60. The molecule has 0 aromatic heterocycles. The van der Waals surface area contributed by atoms with Gasteiger partial charge in [-0.15, -0.1) is 0 Å². The van der Waals surface area contributed by atoms with Gasteiger partial charge in [-0.3, -0.25) is 4.79 Å². The van der Waals surface area contributed by atoms with Crippen molar-refractivity contribution in [2.45, 2.75) is 12.8 Å². The van der Waals surface area contributed by atoms with E-state index < -0.39 is 0 Å². The van der Waals surface area contributed by atoms with E-state index in [0.717, 1.165) is 10.9 Å². The van der Waals surface area contributed by atoms with Gasteiger partial charge < -0.3 is 11.1 Å². The third kappa shape index (κ3) is 5.02. The normalized spacial score (nSPS) is 10.0. The van der Waals surface area contributed by atoms with Crippen molar-refractivity contribution < 1.29 is 4.79 Å². The Hall–Kier alpha value is -0.650. The van der Waals surface area contributed by atoms with Gasteiger partial charge in [0, 0.05) is 11.0 Å². The van der Waals surface area contributed by atoms with Crippen LogP contribution in [0.2, 0.25) is 5.02 Å². The van der Waals surface area contributed by atoms with Gasteiger partial charge in [0.15, 0.2) is 0 Å². The number of rotatable bonds is 5. The molecule has 0 spiro atoms. The highest BCUT2D eigenvalue weighted by Gasteiger charge is 2.09. The molecular weight excluding hydrogens is 324 g/mol. The highest BCUT2D eigenvalue weighted by atomic mass is 79.9. The number of hydrogen-bond donors (Lipinski definition) is 2. The topological polar surface area (TPSA) is 55.1 Å². The van der Waals surface area contributed by atoms with Gasteiger partial charge in [-0.25, -0.2) is 0 Å². The number of thiocarbonyl (C=S) groups is 1. The first-order valence-electron chi connectivity index (χ1n) is 5.02. The second-order valence-corrected chi connectivity index (χ2v) is 5.30. The van der Waals surface area contributed by atoms with Gasteiger partial charge in [-0.1, -0.05) is 39.7 Å². The smallest absolute Gasteiger partial charge is 0.252 e. The molecule has 0 aliphatic rings. The van der Waals surface area contributed by atoms with Gasteiger partial charge in [-0.05, 0) is 31.0 Å². The average molecular weight is 336 g/mol. The molecule has 1 aromatic rings. The van der Waals surface area contributed by atoms with Crippen molar-refractivity contribution in [2.24, 2.45) is 5.73 Å². The molecule has 0 unspecified atom stereocenters. The van der Waals surface area contributed by atoms with Crippen LogP contribution >= 0.6 is 39.7 Å². The first-order chi connectivity index (χ1) is 8.00. The molecule has 3 N–H and O–H groups in total. The lowest BCUT2D eigenvalue weighted by Gasteiger charge is -2.06. The molecule has 92 valence electrons. The van der Waals surface area contributed by atoms with Crippen molar-refractivity contribution in [2.75, 3.05) is 6.54 Å². The van der Waals surface area contributed by atoms with E-state index in [2.05, 4.69) is 21.2 Å². The number of hydrogen-bond acceptors (Lipinski definition) is 2. The number of carbonyl (C=O) groups excluding carboxylic acids is 1. The lowest BCUT2D eigenvalue weighted by atomic mass is 10.2. The quantitative estimate of drug-likeness (QED) is 0.642. The highest BCUT2D eigenvalue weighted by Crippen LogP contribution is 2.21. The Morgan fingerprint density at radius 2 is 2.24 bits per heavy atom. The van der Waals surface area contributed by atoms with Crippen LogP contribution in [0.3, 0.4) is 0 Å². The Balaban J connectivity index is 2.50. The predicted molar refractivity (Wildman–Crippen MR) is 77.5 cm³/mol. The molecule has 6 heteroatoms. The Morgan fingerprint density at radius 3 is 2.82 bits per heavy atom. The van der Waals surface area contributed by atoms with Crippen LogP contribution in [0.25, 0.3) is 0 Å². The van der Waals surface area contributed by atoms with Crippen LogP contribution in [0.1, 0.15) is 23.2 Å². The zero-order chi connectivity index (χ0) is 12.8. The second-order valence-electron chi connectivity index (χ2n) is 3.45. The molecule has 0 aliphatic heterocycles. The Morgan fingerprint density at radius 1 is 1.53 bits per heavy atom. The van der Waals surface area contributed by atoms with Gasteiger partial charge >= 0.3 is 0 Å². The third-order valence-electron chi connectivity index (χ3n) is 2.06. The molecular formula is C11H12BrClN2OS. The third-order valence-corrected chi connectivity index (χ3v) is 3.07. The van der Waals surface area contributed by atoms with E-state index >= 15 is 0 Å². The average Bonchev–Trinajstić information content (AvgIpc) is 2.23. The fourth-order valence-corrected chi connectivity index (χ4v) is 2.14. The van der Waals surface area contributed by atoms with Gasteiger partial charge in [0.25, 0.3) is 5.91 Å². The number of nitrogens with two attached hydrogens (primary N) is 1. The molecule has 3 nitrogen and oxygen atoms in total. The van der Waals surface area contributed by atoms with E-state index in [1.807, 2.05) is 0 Å². The van der Waals surface area contributed by atoms with Gasteiger partial charge in [0.2, 0.25) is 0 Å². The molecule has 0 saturated heterocycles. The van der Waals surface area contributed by atoms with Gasteiger partial charge in [-0.2, -0.15) is 0 Å². The highest BCUT2D eigenvalue weighted by molar-refractivity contribution is 9.10. The van der Waals surface area contributed by atoms with E-state index in [-0.39, 0.29) is 5.91 Å². The maximum absolute atomic E-state index is 11.7. The number of nitrogens with one attached hydrogen (secondary N) is 1. The minimum absolute atomic E-state index is 0.189. The molecule has 0 aliphatic carbocycles. The van der Waals surface area contributed by atoms with Gasteiger partial charge in [0.1, 0.15) is 0 Å². The van der Waals surface area contributed by atoms with E-state index in [0.29, 0.717) is 28.5 Å². The molecule has 0 bridgehead atoms. The predicted octanol–water partition coefficient (Wildman–Crippen LogP) is 2.90. The van der Waals surface area contributed by atoms with Crippen molar-refractivity contribution in [3.05, 3.63) is 33.3 Å². The summed E-state index contributed by atoms with van der Waals surface area (Å²) in [5, 5.41) is 3.18. The van der Waals surface area contributed by atoms with Crippen LogP contribution in [0.4, 0.5) is 0 Å². The van der Waals surface area contributed by atoms with Crippen LogP contribution in [0.5, 0.6) is 0 Å². The fraction of sp³-hybridized carbons (Fsp3) is 0.273. The molecule has 1 rings (SSSR count). The van der Waals surface area contributed by atoms with E-state index in [1.54, 1.807) is 18.2 Å². The van der Waals surface area contributed by atoms with Crippen LogP contribution in [-0.2, 0) is 0 Å². The number of halogens is 2. The van der Waals surface area contributed by atoms with Crippen molar-refractivity contribution in [1.29, 1.82) is 0 Å². The maximum atomic E-state index is 11.7. The van der Waals surface area contributed by atoms with E-state index in [9.17, 15) is 4.79 Å². The van der Waals surface area contributed by atoms with Crippen molar-refractivity contribution >= 4 is 50.6 Å². The van der Waals surface area contributed by atoms with Crippen molar-refractivity contribution in [1.82, 2.24) is 5.32 Å². The molecule has 0 heterocycles. The summed E-state index contributed by atoms with van der Waals surface area (Å²) < 4.78 is 0.840. The summed E-state index contributed by atoms with van der Waals surface area (Å²) in [5.74, 6) is -0.189. The summed E-state index contributed by atoms with van der Waals surface area (Å²) >= 11 is 14.0. The summed E-state index contributed by atoms with van der Waals surface area (Å²) in [7, 11) is 0. The summed E-state index contributed by atoms with van der Waals surface area (Å²) in [5.41, 5.74) is 5.82. The second kappa shape index (κ2) is 6.93. The number of carbonyl (C=O) groups is 1. The summed E-state index contributed by atoms with van der Waals surface area (Å²) in [6.07, 6.45) is 1.36. The molecule has 0 radical (unpaired) electrons. The molecule has 0 atom stereocenters. The van der Waals surface area contributed by atoms with E-state index in [4.69, 9.17) is 29.6 Å². The van der Waals surface area contributed by atoms with Crippen LogP contribution in [0.15, 0.2) is 22.7 Å². The monoisotopic (exact) mass is 334 g/mol. The molecule has 0 fully saturated rings. The van der Waals surface area contributed by atoms with Crippen molar-refractivity contribution in [3.63, 3.8) is 0 Å². The summed E-state index contributed by atoms with van der Waals surface area (Å²) in [4.78, 5) is 12.2.